The lowest BCUT2D eigenvalue weighted by Crippen LogP contribution is -2.29. The maximum atomic E-state index is 13.4. The topological polar surface area (TPSA) is 76.1 Å². The number of aliphatic hydroxyl groups is 1. The molecule has 6 nitrogen and oxygen atoms in total. The highest BCUT2D eigenvalue weighted by molar-refractivity contribution is 6.51. The van der Waals surface area contributed by atoms with Crippen molar-refractivity contribution in [1.82, 2.24) is 0 Å². The second kappa shape index (κ2) is 9.66. The van der Waals surface area contributed by atoms with Gasteiger partial charge in [-0.2, -0.15) is 0 Å². The molecule has 1 N–H and O–H groups in total. The number of anilines is 1. The number of hydrogen-bond acceptors (Lipinski definition) is 5. The lowest BCUT2D eigenvalue weighted by Gasteiger charge is -2.27. The van der Waals surface area contributed by atoms with Gasteiger partial charge in [-0.15, -0.1) is 0 Å². The van der Waals surface area contributed by atoms with Crippen LogP contribution in [-0.4, -0.2) is 30.5 Å². The van der Waals surface area contributed by atoms with Crippen LogP contribution in [0.2, 0.25) is 0 Å². The average molecular weight is 472 g/mol. The fourth-order valence-corrected chi connectivity index (χ4v) is 4.43. The van der Waals surface area contributed by atoms with Gasteiger partial charge in [-0.25, -0.2) is 0 Å². The highest BCUT2D eigenvalue weighted by Gasteiger charge is 2.48. The SMILES string of the molecule is CCOc1ccc(/C(O)=C2\C(=O)C(=O)N(c3ccc(C)c(C)c3)C2c2ccccc2OC)cc1C. The molecule has 0 aliphatic carbocycles. The van der Waals surface area contributed by atoms with E-state index in [1.54, 1.807) is 30.3 Å². The number of nitrogens with zero attached hydrogens (tertiary/aromatic N) is 1. The molecule has 1 unspecified atom stereocenters. The monoisotopic (exact) mass is 471 g/mol. The molecule has 1 amide bonds. The Morgan fingerprint density at radius 1 is 0.914 bits per heavy atom. The zero-order chi connectivity index (χ0) is 25.3. The summed E-state index contributed by atoms with van der Waals surface area (Å²) in [7, 11) is 1.54. The van der Waals surface area contributed by atoms with Crippen molar-refractivity contribution in [3.8, 4) is 11.5 Å². The molecule has 35 heavy (non-hydrogen) atoms. The summed E-state index contributed by atoms with van der Waals surface area (Å²) in [5.74, 6) is -0.476. The standard InChI is InChI=1S/C29H29NO5/c1-6-35-23-14-12-20(15-19(23)4)27(31)25-26(22-9-7-8-10-24(22)34-5)30(29(33)28(25)32)21-13-11-17(2)18(3)16-21/h7-16,26,31H,6H2,1-5H3/b27-25+. The quantitative estimate of drug-likeness (QED) is 0.286. The second-order valence-corrected chi connectivity index (χ2v) is 8.59. The Hall–Kier alpha value is -4.06. The van der Waals surface area contributed by atoms with Crippen LogP contribution in [0.15, 0.2) is 66.2 Å². The number of rotatable bonds is 6. The Kier molecular flexibility index (Phi) is 6.65. The van der Waals surface area contributed by atoms with Gasteiger partial charge < -0.3 is 14.6 Å². The number of aliphatic hydroxyl groups excluding tert-OH is 1. The molecule has 1 heterocycles. The minimum Gasteiger partial charge on any atom is -0.507 e. The number of aryl methyl sites for hydroxylation is 3. The summed E-state index contributed by atoms with van der Waals surface area (Å²) in [6.07, 6.45) is 0. The van der Waals surface area contributed by atoms with Gasteiger partial charge in [0.1, 0.15) is 17.3 Å². The van der Waals surface area contributed by atoms with Gasteiger partial charge in [0.25, 0.3) is 11.7 Å². The molecule has 0 bridgehead atoms. The maximum absolute atomic E-state index is 13.4. The van der Waals surface area contributed by atoms with E-state index in [2.05, 4.69) is 0 Å². The lowest BCUT2D eigenvalue weighted by molar-refractivity contribution is -0.132. The number of benzene rings is 3. The third-order valence-corrected chi connectivity index (χ3v) is 6.39. The van der Waals surface area contributed by atoms with Gasteiger partial charge >= 0.3 is 0 Å². The van der Waals surface area contributed by atoms with E-state index in [0.29, 0.717) is 34.9 Å². The predicted molar refractivity (Wildman–Crippen MR) is 136 cm³/mol. The molecule has 1 fully saturated rings. The number of ether oxygens (including phenoxy) is 2. The molecular formula is C29H29NO5. The van der Waals surface area contributed by atoms with Crippen LogP contribution in [0, 0.1) is 20.8 Å². The molecule has 1 saturated heterocycles. The van der Waals surface area contributed by atoms with Crippen LogP contribution >= 0.6 is 0 Å². The molecular weight excluding hydrogens is 442 g/mol. The molecule has 0 saturated carbocycles. The summed E-state index contributed by atoms with van der Waals surface area (Å²) in [5.41, 5.74) is 4.51. The van der Waals surface area contributed by atoms with Crippen LogP contribution in [-0.2, 0) is 9.59 Å². The summed E-state index contributed by atoms with van der Waals surface area (Å²) >= 11 is 0. The summed E-state index contributed by atoms with van der Waals surface area (Å²) in [6.45, 7) is 8.22. The number of hydrogen-bond donors (Lipinski definition) is 1. The van der Waals surface area contributed by atoms with Gasteiger partial charge in [-0.05, 0) is 80.8 Å². The molecule has 0 radical (unpaired) electrons. The molecule has 6 heteroatoms. The molecule has 3 aromatic carbocycles. The van der Waals surface area contributed by atoms with Crippen LogP contribution in [0.5, 0.6) is 11.5 Å². The molecule has 1 atom stereocenters. The van der Waals surface area contributed by atoms with Crippen LogP contribution in [0.3, 0.4) is 0 Å². The second-order valence-electron chi connectivity index (χ2n) is 8.59. The largest absolute Gasteiger partial charge is 0.507 e. The van der Waals surface area contributed by atoms with Crippen molar-refractivity contribution in [2.45, 2.75) is 33.7 Å². The number of Topliss-reactive ketones (excluding diaryl/α,β-unsaturated/α-hetero) is 1. The number of carbonyl (C=O) groups is 2. The first-order valence-electron chi connectivity index (χ1n) is 11.5. The molecule has 3 aromatic rings. The summed E-state index contributed by atoms with van der Waals surface area (Å²) in [6, 6.07) is 17.2. The number of methoxy groups -OCH3 is 1. The molecule has 1 aliphatic heterocycles. The summed E-state index contributed by atoms with van der Waals surface area (Å²) in [5, 5.41) is 11.4. The predicted octanol–water partition coefficient (Wildman–Crippen LogP) is 5.65. The Morgan fingerprint density at radius 3 is 2.31 bits per heavy atom. The minimum atomic E-state index is -0.861. The molecule has 180 valence electrons. The van der Waals surface area contributed by atoms with E-state index in [1.165, 1.54) is 12.0 Å². The highest BCUT2D eigenvalue weighted by atomic mass is 16.5. The lowest BCUT2D eigenvalue weighted by atomic mass is 9.94. The van der Waals surface area contributed by atoms with Crippen molar-refractivity contribution in [2.24, 2.45) is 0 Å². The molecule has 1 aliphatic rings. The zero-order valence-electron chi connectivity index (χ0n) is 20.6. The number of carbonyl (C=O) groups excluding carboxylic acids is 2. The number of ketones is 1. The van der Waals surface area contributed by atoms with Crippen LogP contribution in [0.1, 0.15) is 40.8 Å². The number of para-hydroxylation sites is 1. The Balaban J connectivity index is 1.96. The van der Waals surface area contributed by atoms with Crippen molar-refractivity contribution in [1.29, 1.82) is 0 Å². The first-order chi connectivity index (χ1) is 16.8. The van der Waals surface area contributed by atoms with Gasteiger partial charge in [0.15, 0.2) is 0 Å². The Bertz CT molecular complexity index is 1340. The van der Waals surface area contributed by atoms with E-state index >= 15 is 0 Å². The number of amides is 1. The van der Waals surface area contributed by atoms with Gasteiger partial charge in [0.05, 0.1) is 25.3 Å². The molecule has 0 aromatic heterocycles. The molecule has 4 rings (SSSR count). The van der Waals surface area contributed by atoms with Crippen molar-refractivity contribution >= 4 is 23.1 Å². The van der Waals surface area contributed by atoms with E-state index in [4.69, 9.17) is 9.47 Å². The van der Waals surface area contributed by atoms with E-state index in [0.717, 1.165) is 16.7 Å². The fourth-order valence-electron chi connectivity index (χ4n) is 4.43. The van der Waals surface area contributed by atoms with Gasteiger partial charge in [-0.1, -0.05) is 24.3 Å². The van der Waals surface area contributed by atoms with E-state index < -0.39 is 17.7 Å². The van der Waals surface area contributed by atoms with Gasteiger partial charge in [-0.3, -0.25) is 14.5 Å². The average Bonchev–Trinajstić information content (AvgIpc) is 3.12. The third kappa shape index (κ3) is 4.28. The van der Waals surface area contributed by atoms with Crippen molar-refractivity contribution in [2.75, 3.05) is 18.6 Å². The van der Waals surface area contributed by atoms with Crippen molar-refractivity contribution < 1.29 is 24.2 Å². The van der Waals surface area contributed by atoms with Crippen LogP contribution < -0.4 is 14.4 Å². The Morgan fingerprint density at radius 2 is 1.66 bits per heavy atom. The minimum absolute atomic E-state index is 0.0151. The van der Waals surface area contributed by atoms with Crippen LogP contribution in [0.4, 0.5) is 5.69 Å². The third-order valence-electron chi connectivity index (χ3n) is 6.39. The first-order valence-corrected chi connectivity index (χ1v) is 11.5. The van der Waals surface area contributed by atoms with E-state index in [-0.39, 0.29) is 11.3 Å². The maximum Gasteiger partial charge on any atom is 0.300 e. The molecule has 0 spiro atoms. The summed E-state index contributed by atoms with van der Waals surface area (Å²) in [4.78, 5) is 28.3. The van der Waals surface area contributed by atoms with Crippen LogP contribution in [0.25, 0.3) is 5.76 Å². The van der Waals surface area contributed by atoms with Crippen molar-refractivity contribution in [3.63, 3.8) is 0 Å². The van der Waals surface area contributed by atoms with Gasteiger partial charge in [0, 0.05) is 16.8 Å². The van der Waals surface area contributed by atoms with Gasteiger partial charge in [0.2, 0.25) is 0 Å². The first kappa shape index (κ1) is 24.1. The van der Waals surface area contributed by atoms with Crippen molar-refractivity contribution in [3.05, 3.63) is 94.1 Å². The summed E-state index contributed by atoms with van der Waals surface area (Å²) < 4.78 is 11.2. The normalized spacial score (nSPS) is 17.1. The highest BCUT2D eigenvalue weighted by Crippen LogP contribution is 2.45. The zero-order valence-corrected chi connectivity index (χ0v) is 20.6. The van der Waals surface area contributed by atoms with E-state index in [1.807, 2.05) is 58.0 Å². The van der Waals surface area contributed by atoms with E-state index in [9.17, 15) is 14.7 Å². The fraction of sp³-hybridized carbons (Fsp3) is 0.241. The Labute approximate surface area is 205 Å². The smallest absolute Gasteiger partial charge is 0.300 e.